The van der Waals surface area contributed by atoms with Gasteiger partial charge in [0.1, 0.15) is 6.04 Å². The van der Waals surface area contributed by atoms with Crippen LogP contribution in [0, 0.1) is 0 Å². The third kappa shape index (κ3) is 2.64. The quantitative estimate of drug-likeness (QED) is 0.789. The molecule has 1 unspecified atom stereocenters. The molecule has 0 aromatic carbocycles. The summed E-state index contributed by atoms with van der Waals surface area (Å²) in [6.07, 6.45) is 5.76. The Hall–Kier alpha value is -1.42. The lowest BCUT2D eigenvalue weighted by molar-refractivity contribution is -0.135. The maximum atomic E-state index is 12.4. The molecule has 17 heavy (non-hydrogen) atoms. The highest BCUT2D eigenvalue weighted by Crippen LogP contribution is 2.22. The van der Waals surface area contributed by atoms with E-state index in [1.54, 1.807) is 12.4 Å². The summed E-state index contributed by atoms with van der Waals surface area (Å²) in [5.41, 5.74) is 0.967. The molecule has 2 heterocycles. The average Bonchev–Trinajstić information content (AvgIpc) is 2.83. The Morgan fingerprint density at radius 1 is 1.41 bits per heavy atom. The number of likely N-dealkylation sites (N-methyl/N-ethyl adjacent to an activating group) is 1. The minimum Gasteiger partial charge on any atom is -0.341 e. The molecule has 4 nitrogen and oxygen atoms in total. The first-order valence-corrected chi connectivity index (χ1v) is 6.05. The van der Waals surface area contributed by atoms with Crippen molar-refractivity contribution in [3.05, 3.63) is 30.1 Å². The SMILES string of the molecule is CN(C)C(C(=O)N1CCCC1)c1cccnc1. The fourth-order valence-electron chi connectivity index (χ4n) is 2.31. The standard InChI is InChI=1S/C13H19N3O/c1-15(2)12(11-6-5-7-14-10-11)13(17)16-8-3-4-9-16/h5-7,10,12H,3-4,8-9H2,1-2H3. The largest absolute Gasteiger partial charge is 0.341 e. The third-order valence-corrected chi connectivity index (χ3v) is 3.17. The van der Waals surface area contributed by atoms with Gasteiger partial charge < -0.3 is 4.90 Å². The molecule has 1 aliphatic rings. The second-order valence-electron chi connectivity index (χ2n) is 4.68. The first kappa shape index (κ1) is 12.0. The van der Waals surface area contributed by atoms with Crippen molar-refractivity contribution in [3.63, 3.8) is 0 Å². The smallest absolute Gasteiger partial charge is 0.244 e. The number of amides is 1. The van der Waals surface area contributed by atoms with Gasteiger partial charge in [-0.2, -0.15) is 0 Å². The first-order chi connectivity index (χ1) is 8.20. The lowest BCUT2D eigenvalue weighted by Crippen LogP contribution is -2.39. The van der Waals surface area contributed by atoms with E-state index in [4.69, 9.17) is 0 Å². The van der Waals surface area contributed by atoms with Gasteiger partial charge >= 0.3 is 0 Å². The van der Waals surface area contributed by atoms with Gasteiger partial charge in [0.2, 0.25) is 5.91 Å². The highest BCUT2D eigenvalue weighted by Gasteiger charge is 2.29. The van der Waals surface area contributed by atoms with Gasteiger partial charge in [-0.15, -0.1) is 0 Å². The number of rotatable bonds is 3. The number of hydrogen-bond donors (Lipinski definition) is 0. The Kier molecular flexibility index (Phi) is 3.74. The minimum atomic E-state index is -0.207. The fourth-order valence-corrected chi connectivity index (χ4v) is 2.31. The number of pyridine rings is 1. The number of aromatic nitrogens is 1. The molecule has 0 spiro atoms. The number of hydrogen-bond acceptors (Lipinski definition) is 3. The first-order valence-electron chi connectivity index (χ1n) is 6.05. The number of carbonyl (C=O) groups excluding carboxylic acids is 1. The molecule has 2 rings (SSSR count). The molecule has 0 aliphatic carbocycles. The van der Waals surface area contributed by atoms with Crippen molar-refractivity contribution in [1.82, 2.24) is 14.8 Å². The second kappa shape index (κ2) is 5.27. The Balaban J connectivity index is 2.20. The molecule has 1 amide bonds. The molecule has 1 saturated heterocycles. The summed E-state index contributed by atoms with van der Waals surface area (Å²) in [6.45, 7) is 1.78. The molecule has 1 aromatic heterocycles. The summed E-state index contributed by atoms with van der Waals surface area (Å²) in [4.78, 5) is 20.5. The summed E-state index contributed by atoms with van der Waals surface area (Å²) in [5, 5.41) is 0. The summed E-state index contributed by atoms with van der Waals surface area (Å²) in [7, 11) is 3.87. The predicted molar refractivity (Wildman–Crippen MR) is 66.5 cm³/mol. The van der Waals surface area contributed by atoms with E-state index in [1.807, 2.05) is 36.0 Å². The Bertz CT molecular complexity index is 372. The maximum absolute atomic E-state index is 12.4. The van der Waals surface area contributed by atoms with Crippen molar-refractivity contribution in [2.45, 2.75) is 18.9 Å². The summed E-state index contributed by atoms with van der Waals surface area (Å²) in [6, 6.07) is 3.64. The predicted octanol–water partition coefficient (Wildman–Crippen LogP) is 1.31. The molecule has 0 radical (unpaired) electrons. The minimum absolute atomic E-state index is 0.195. The molecular weight excluding hydrogens is 214 g/mol. The van der Waals surface area contributed by atoms with Crippen LogP contribution in [0.3, 0.4) is 0 Å². The van der Waals surface area contributed by atoms with Crippen LogP contribution in [-0.4, -0.2) is 47.9 Å². The topological polar surface area (TPSA) is 36.4 Å². The van der Waals surface area contributed by atoms with Crippen LogP contribution in [0.4, 0.5) is 0 Å². The molecular formula is C13H19N3O. The summed E-state index contributed by atoms with van der Waals surface area (Å²) < 4.78 is 0. The summed E-state index contributed by atoms with van der Waals surface area (Å²) in [5.74, 6) is 0.195. The van der Waals surface area contributed by atoms with E-state index >= 15 is 0 Å². The van der Waals surface area contributed by atoms with Crippen molar-refractivity contribution < 1.29 is 4.79 Å². The molecule has 0 bridgehead atoms. The van der Waals surface area contributed by atoms with Crippen LogP contribution in [0.5, 0.6) is 0 Å². The van der Waals surface area contributed by atoms with E-state index in [0.717, 1.165) is 31.5 Å². The van der Waals surface area contributed by atoms with E-state index in [1.165, 1.54) is 0 Å². The number of likely N-dealkylation sites (tertiary alicyclic amines) is 1. The van der Waals surface area contributed by atoms with Crippen LogP contribution in [0.15, 0.2) is 24.5 Å². The second-order valence-corrected chi connectivity index (χ2v) is 4.68. The van der Waals surface area contributed by atoms with Crippen LogP contribution in [0.2, 0.25) is 0 Å². The van der Waals surface area contributed by atoms with E-state index in [9.17, 15) is 4.79 Å². The van der Waals surface area contributed by atoms with Crippen LogP contribution < -0.4 is 0 Å². The van der Waals surface area contributed by atoms with E-state index in [0.29, 0.717) is 0 Å². The monoisotopic (exact) mass is 233 g/mol. The Labute approximate surface area is 102 Å². The highest BCUT2D eigenvalue weighted by molar-refractivity contribution is 5.83. The van der Waals surface area contributed by atoms with E-state index in [2.05, 4.69) is 4.98 Å². The normalized spacial score (nSPS) is 17.5. The van der Waals surface area contributed by atoms with Crippen molar-refractivity contribution in [3.8, 4) is 0 Å². The van der Waals surface area contributed by atoms with Gasteiger partial charge in [-0.25, -0.2) is 0 Å². The maximum Gasteiger partial charge on any atom is 0.244 e. The Morgan fingerprint density at radius 2 is 2.12 bits per heavy atom. The van der Waals surface area contributed by atoms with Gasteiger partial charge in [0.15, 0.2) is 0 Å². The van der Waals surface area contributed by atoms with Crippen molar-refractivity contribution in [1.29, 1.82) is 0 Å². The van der Waals surface area contributed by atoms with Crippen LogP contribution in [-0.2, 0) is 4.79 Å². The number of carbonyl (C=O) groups is 1. The van der Waals surface area contributed by atoms with Gasteiger partial charge in [0.25, 0.3) is 0 Å². The van der Waals surface area contributed by atoms with Crippen molar-refractivity contribution in [2.75, 3.05) is 27.2 Å². The van der Waals surface area contributed by atoms with Gasteiger partial charge in [0, 0.05) is 25.5 Å². The molecule has 0 saturated carbocycles. The molecule has 1 aliphatic heterocycles. The summed E-state index contributed by atoms with van der Waals surface area (Å²) >= 11 is 0. The number of nitrogens with zero attached hydrogens (tertiary/aromatic N) is 3. The lowest BCUT2D eigenvalue weighted by Gasteiger charge is -2.28. The molecule has 1 fully saturated rings. The van der Waals surface area contributed by atoms with Crippen LogP contribution >= 0.6 is 0 Å². The third-order valence-electron chi connectivity index (χ3n) is 3.17. The Morgan fingerprint density at radius 3 is 2.65 bits per heavy atom. The van der Waals surface area contributed by atoms with Gasteiger partial charge in [-0.1, -0.05) is 6.07 Å². The zero-order valence-corrected chi connectivity index (χ0v) is 10.5. The highest BCUT2D eigenvalue weighted by atomic mass is 16.2. The van der Waals surface area contributed by atoms with Crippen LogP contribution in [0.1, 0.15) is 24.4 Å². The van der Waals surface area contributed by atoms with Gasteiger partial charge in [-0.05, 0) is 38.6 Å². The lowest BCUT2D eigenvalue weighted by atomic mass is 10.1. The van der Waals surface area contributed by atoms with Crippen molar-refractivity contribution >= 4 is 5.91 Å². The van der Waals surface area contributed by atoms with Gasteiger partial charge in [0.05, 0.1) is 0 Å². The molecule has 4 heteroatoms. The molecule has 1 aromatic rings. The molecule has 92 valence electrons. The molecule has 0 N–H and O–H groups in total. The molecule has 1 atom stereocenters. The van der Waals surface area contributed by atoms with Crippen LogP contribution in [0.25, 0.3) is 0 Å². The fraction of sp³-hybridized carbons (Fsp3) is 0.538. The van der Waals surface area contributed by atoms with Gasteiger partial charge in [-0.3, -0.25) is 14.7 Å². The zero-order chi connectivity index (χ0) is 12.3. The van der Waals surface area contributed by atoms with E-state index in [-0.39, 0.29) is 11.9 Å². The van der Waals surface area contributed by atoms with E-state index < -0.39 is 0 Å². The van der Waals surface area contributed by atoms with Crippen molar-refractivity contribution in [2.24, 2.45) is 0 Å². The average molecular weight is 233 g/mol. The zero-order valence-electron chi connectivity index (χ0n) is 10.5.